The van der Waals surface area contributed by atoms with Crippen molar-refractivity contribution in [3.8, 4) is 11.5 Å². The Labute approximate surface area is 186 Å². The van der Waals surface area contributed by atoms with Crippen LogP contribution in [-0.2, 0) is 14.9 Å². The molecule has 3 aromatic rings. The fraction of sp³-hybridized carbons (Fsp3) is 0.0526. The molecule has 10 heteroatoms. The lowest BCUT2D eigenvalue weighted by atomic mass is 9.83. The molecule has 5 nitrogen and oxygen atoms in total. The van der Waals surface area contributed by atoms with Gasteiger partial charge < -0.3 is 10.2 Å². The Hall–Kier alpha value is -1.67. The summed E-state index contributed by atoms with van der Waals surface area (Å²) in [5, 5.41) is 19.8. The van der Waals surface area contributed by atoms with E-state index in [1.165, 1.54) is 54.6 Å². The fourth-order valence-corrected chi connectivity index (χ4v) is 5.55. The molecule has 0 spiro atoms. The zero-order chi connectivity index (χ0) is 21.6. The number of aromatic hydroxyl groups is 2. The molecule has 0 aliphatic heterocycles. The quantitative estimate of drug-likeness (QED) is 0.311. The van der Waals surface area contributed by atoms with Gasteiger partial charge in [-0.25, -0.2) is 0 Å². The van der Waals surface area contributed by atoms with E-state index in [9.17, 15) is 23.2 Å². The molecule has 0 amide bonds. The minimum absolute atomic E-state index is 0.00797. The van der Waals surface area contributed by atoms with E-state index in [2.05, 4.69) is 0 Å². The highest BCUT2D eigenvalue weighted by Gasteiger charge is 2.53. The molecule has 3 aromatic carbocycles. The van der Waals surface area contributed by atoms with E-state index in [1.54, 1.807) is 0 Å². The fourth-order valence-electron chi connectivity index (χ4n) is 3.20. The Morgan fingerprint density at radius 1 is 0.759 bits per heavy atom. The predicted octanol–water partition coefficient (Wildman–Crippen LogP) is 5.89. The highest BCUT2D eigenvalue weighted by molar-refractivity contribution is 7.87. The number of phenols is 2. The molecule has 152 valence electrons. The number of hydrogen-bond acceptors (Lipinski definition) is 4. The molecule has 1 unspecified atom stereocenters. The Morgan fingerprint density at radius 3 is 1.93 bits per heavy atom. The highest BCUT2D eigenvalue weighted by atomic mass is 35.5. The van der Waals surface area contributed by atoms with Crippen molar-refractivity contribution in [2.45, 2.75) is 4.75 Å². The lowest BCUT2D eigenvalue weighted by molar-refractivity contribution is 0.440. The third kappa shape index (κ3) is 3.54. The van der Waals surface area contributed by atoms with Crippen molar-refractivity contribution < 1.29 is 23.2 Å². The zero-order valence-corrected chi connectivity index (χ0v) is 18.1. The van der Waals surface area contributed by atoms with Crippen LogP contribution in [0.1, 0.15) is 16.7 Å². The van der Waals surface area contributed by atoms with E-state index < -0.39 is 26.2 Å². The van der Waals surface area contributed by atoms with Crippen molar-refractivity contribution in [2.75, 3.05) is 0 Å². The maximum atomic E-state index is 13.0. The van der Waals surface area contributed by atoms with E-state index in [0.29, 0.717) is 0 Å². The van der Waals surface area contributed by atoms with Gasteiger partial charge in [-0.15, -0.1) is 0 Å². The average molecular weight is 494 g/mol. The van der Waals surface area contributed by atoms with E-state index >= 15 is 0 Å². The monoisotopic (exact) mass is 492 g/mol. The van der Waals surface area contributed by atoms with Crippen LogP contribution in [0.3, 0.4) is 0 Å². The second kappa shape index (κ2) is 7.87. The van der Waals surface area contributed by atoms with E-state index in [0.717, 1.165) is 0 Å². The summed E-state index contributed by atoms with van der Waals surface area (Å²) < 4.78 is 34.0. The molecule has 0 saturated heterocycles. The second-order valence-corrected chi connectivity index (χ2v) is 9.22. The Balaban J connectivity index is 2.65. The van der Waals surface area contributed by atoms with Gasteiger partial charge in [0.2, 0.25) is 0 Å². The molecule has 0 radical (unpaired) electrons. The Bertz CT molecular complexity index is 1200. The molecule has 0 aliphatic carbocycles. The van der Waals surface area contributed by atoms with Crippen molar-refractivity contribution in [1.29, 1.82) is 0 Å². The van der Waals surface area contributed by atoms with Gasteiger partial charge in [0.05, 0.1) is 15.1 Å². The summed E-state index contributed by atoms with van der Waals surface area (Å²) in [6, 6.07) is 11.6. The Kier molecular flexibility index (Phi) is 5.98. The largest absolute Gasteiger partial charge is 0.508 e. The van der Waals surface area contributed by atoms with E-state index in [1.807, 2.05) is 0 Å². The number of halogens is 4. The van der Waals surface area contributed by atoms with Crippen LogP contribution >= 0.6 is 46.4 Å². The molecule has 0 fully saturated rings. The molecule has 0 aliphatic rings. The summed E-state index contributed by atoms with van der Waals surface area (Å²) in [5.41, 5.74) is -0.648. The third-order valence-electron chi connectivity index (χ3n) is 4.42. The number of hydrogen-bond donors (Lipinski definition) is 3. The maximum Gasteiger partial charge on any atom is 0.283 e. The average Bonchev–Trinajstić information content (AvgIpc) is 2.65. The molecule has 3 N–H and O–H groups in total. The second-order valence-electron chi connectivity index (χ2n) is 6.06. The van der Waals surface area contributed by atoms with Crippen molar-refractivity contribution in [3.63, 3.8) is 0 Å². The van der Waals surface area contributed by atoms with Crippen LogP contribution in [0.4, 0.5) is 0 Å². The molecular weight excluding hydrogens is 482 g/mol. The van der Waals surface area contributed by atoms with Gasteiger partial charge in [0.25, 0.3) is 10.1 Å². The summed E-state index contributed by atoms with van der Waals surface area (Å²) in [6.45, 7) is 0. The molecule has 0 heterocycles. The summed E-state index contributed by atoms with van der Waals surface area (Å²) in [7, 11) is -5.13. The first-order valence-electron chi connectivity index (χ1n) is 7.90. The van der Waals surface area contributed by atoms with Crippen molar-refractivity contribution in [3.05, 3.63) is 91.4 Å². The number of phenolic OH excluding ortho intramolecular Hbond substituents is 2. The molecule has 1 atom stereocenters. The van der Waals surface area contributed by atoms with E-state index in [-0.39, 0.29) is 37.0 Å². The van der Waals surface area contributed by atoms with Crippen molar-refractivity contribution in [1.82, 2.24) is 0 Å². The maximum absolute atomic E-state index is 13.0. The van der Waals surface area contributed by atoms with Crippen molar-refractivity contribution in [2.24, 2.45) is 0 Å². The van der Waals surface area contributed by atoms with Gasteiger partial charge in [0.1, 0.15) is 11.5 Å². The zero-order valence-electron chi connectivity index (χ0n) is 14.3. The van der Waals surface area contributed by atoms with Gasteiger partial charge in [-0.2, -0.15) is 8.42 Å². The molecule has 0 saturated carbocycles. The van der Waals surface area contributed by atoms with Crippen LogP contribution in [0.25, 0.3) is 0 Å². The van der Waals surface area contributed by atoms with Gasteiger partial charge in [0, 0.05) is 16.1 Å². The lowest BCUT2D eigenvalue weighted by Gasteiger charge is -2.34. The number of benzene rings is 3. The minimum atomic E-state index is -5.13. The van der Waals surface area contributed by atoms with Crippen LogP contribution in [0.5, 0.6) is 11.5 Å². The normalized spacial score (nSPS) is 13.8. The van der Waals surface area contributed by atoms with Crippen LogP contribution in [0, 0.1) is 0 Å². The van der Waals surface area contributed by atoms with Gasteiger partial charge in [-0.3, -0.25) is 4.55 Å². The molecule has 29 heavy (non-hydrogen) atoms. The standard InChI is InChI=1S/C19H12Cl4O5S/c20-13-8-9-15(22)18(25)16(13)19(29(26,27)28,10-4-6-11(24)7-5-10)12-2-1-3-14(21)17(12)23/h1-9,24-25H,(H,26,27,28). The predicted molar refractivity (Wildman–Crippen MR) is 114 cm³/mol. The van der Waals surface area contributed by atoms with Crippen molar-refractivity contribution >= 4 is 56.5 Å². The molecule has 0 bridgehead atoms. The topological polar surface area (TPSA) is 94.8 Å². The molecular formula is C19H12Cl4O5S. The Morgan fingerprint density at radius 2 is 1.34 bits per heavy atom. The number of rotatable bonds is 4. The van der Waals surface area contributed by atoms with Gasteiger partial charge in [-0.1, -0.05) is 70.7 Å². The highest BCUT2D eigenvalue weighted by Crippen LogP contribution is 2.53. The van der Waals surface area contributed by atoms with E-state index in [4.69, 9.17) is 46.4 Å². The first-order valence-corrected chi connectivity index (χ1v) is 10.9. The third-order valence-corrected chi connectivity index (χ3v) is 7.29. The van der Waals surface area contributed by atoms with Crippen LogP contribution in [-0.4, -0.2) is 23.2 Å². The van der Waals surface area contributed by atoms with Crippen LogP contribution < -0.4 is 0 Å². The van der Waals surface area contributed by atoms with Gasteiger partial charge in [0.15, 0.2) is 4.75 Å². The summed E-state index contributed by atoms with van der Waals surface area (Å²) >= 11 is 24.8. The SMILES string of the molecule is O=S(=O)(O)C(c1ccc(O)cc1)(c1cccc(Cl)c1Cl)c1c(Cl)ccc(Cl)c1O. The molecule has 3 rings (SSSR count). The molecule has 0 aromatic heterocycles. The minimum Gasteiger partial charge on any atom is -0.508 e. The summed E-state index contributed by atoms with van der Waals surface area (Å²) in [4.78, 5) is 0. The van der Waals surface area contributed by atoms with Crippen LogP contribution in [0.15, 0.2) is 54.6 Å². The smallest absolute Gasteiger partial charge is 0.283 e. The van der Waals surface area contributed by atoms with Crippen LogP contribution in [0.2, 0.25) is 20.1 Å². The van der Waals surface area contributed by atoms with Gasteiger partial charge >= 0.3 is 0 Å². The first-order chi connectivity index (χ1) is 13.5. The lowest BCUT2D eigenvalue weighted by Crippen LogP contribution is -2.39. The summed E-state index contributed by atoms with van der Waals surface area (Å²) in [6.07, 6.45) is 0. The van der Waals surface area contributed by atoms with Gasteiger partial charge in [-0.05, 0) is 35.9 Å². The summed E-state index contributed by atoms with van der Waals surface area (Å²) in [5.74, 6) is -0.822. The first kappa shape index (κ1) is 22.0.